The van der Waals surface area contributed by atoms with Crippen molar-refractivity contribution in [2.75, 3.05) is 0 Å². The van der Waals surface area contributed by atoms with Gasteiger partial charge in [-0.2, -0.15) is 5.26 Å². The Kier molecular flexibility index (Phi) is 3.54. The molecule has 0 radical (unpaired) electrons. The summed E-state index contributed by atoms with van der Waals surface area (Å²) in [4.78, 5) is 26.7. The number of carbonyl (C=O) groups is 2. The Hall–Kier alpha value is -3.13. The normalized spacial score (nSPS) is 21.8. The Labute approximate surface area is 145 Å². The zero-order valence-corrected chi connectivity index (χ0v) is 13.7. The van der Waals surface area contributed by atoms with Crippen LogP contribution in [0.15, 0.2) is 48.5 Å². The summed E-state index contributed by atoms with van der Waals surface area (Å²) >= 11 is 0. The Bertz CT molecular complexity index is 898. The van der Waals surface area contributed by atoms with Crippen molar-refractivity contribution in [3.8, 4) is 6.07 Å². The quantitative estimate of drug-likeness (QED) is 0.860. The van der Waals surface area contributed by atoms with Crippen LogP contribution >= 0.6 is 0 Å². The number of urea groups is 1. The van der Waals surface area contributed by atoms with Gasteiger partial charge in [-0.15, -0.1) is 0 Å². The van der Waals surface area contributed by atoms with E-state index in [2.05, 4.69) is 17.5 Å². The van der Waals surface area contributed by atoms with E-state index in [1.165, 1.54) is 10.5 Å². The highest BCUT2D eigenvalue weighted by Crippen LogP contribution is 2.34. The molecule has 1 atom stereocenters. The molecule has 0 bridgehead atoms. The number of rotatable bonds is 2. The fourth-order valence-electron chi connectivity index (χ4n) is 3.71. The van der Waals surface area contributed by atoms with E-state index >= 15 is 0 Å². The van der Waals surface area contributed by atoms with Gasteiger partial charge in [0, 0.05) is 6.42 Å². The SMILES string of the molecule is N#Cc1ccc(CN2C(=O)NC3(CCc4ccccc4C3)C2=O)cc1. The molecule has 25 heavy (non-hydrogen) atoms. The molecule has 1 aliphatic heterocycles. The molecule has 5 heteroatoms. The molecule has 3 amide bonds. The second-order valence-corrected chi connectivity index (χ2v) is 6.66. The molecular weight excluding hydrogens is 314 g/mol. The minimum atomic E-state index is -0.821. The average molecular weight is 331 g/mol. The van der Waals surface area contributed by atoms with Crippen molar-refractivity contribution in [2.24, 2.45) is 0 Å². The van der Waals surface area contributed by atoms with Crippen LogP contribution in [0, 0.1) is 11.3 Å². The maximum atomic E-state index is 13.0. The first-order valence-corrected chi connectivity index (χ1v) is 8.31. The van der Waals surface area contributed by atoms with E-state index in [0.29, 0.717) is 18.4 Å². The molecule has 1 heterocycles. The van der Waals surface area contributed by atoms with Crippen molar-refractivity contribution in [3.63, 3.8) is 0 Å². The van der Waals surface area contributed by atoms with Gasteiger partial charge in [-0.25, -0.2) is 4.79 Å². The highest BCUT2D eigenvalue weighted by Gasteiger charge is 2.52. The second kappa shape index (κ2) is 5.75. The van der Waals surface area contributed by atoms with Gasteiger partial charge >= 0.3 is 6.03 Å². The molecule has 124 valence electrons. The number of nitrogens with one attached hydrogen (secondary N) is 1. The number of nitriles is 1. The van der Waals surface area contributed by atoms with Crippen LogP contribution < -0.4 is 5.32 Å². The third-order valence-corrected chi connectivity index (χ3v) is 5.10. The minimum absolute atomic E-state index is 0.156. The van der Waals surface area contributed by atoms with E-state index < -0.39 is 5.54 Å². The van der Waals surface area contributed by atoms with Crippen LogP contribution in [0.5, 0.6) is 0 Å². The van der Waals surface area contributed by atoms with Crippen LogP contribution in [-0.2, 0) is 24.2 Å². The monoisotopic (exact) mass is 331 g/mol. The zero-order valence-electron chi connectivity index (χ0n) is 13.7. The summed E-state index contributed by atoms with van der Waals surface area (Å²) < 4.78 is 0. The number of imide groups is 1. The first-order valence-electron chi connectivity index (χ1n) is 8.31. The first kappa shape index (κ1) is 15.4. The van der Waals surface area contributed by atoms with Gasteiger partial charge in [0.25, 0.3) is 5.91 Å². The Morgan fingerprint density at radius 1 is 1.08 bits per heavy atom. The van der Waals surface area contributed by atoms with Crippen molar-refractivity contribution < 1.29 is 9.59 Å². The van der Waals surface area contributed by atoms with E-state index in [9.17, 15) is 9.59 Å². The molecule has 2 aromatic carbocycles. The number of benzene rings is 2. The van der Waals surface area contributed by atoms with Crippen LogP contribution in [0.2, 0.25) is 0 Å². The highest BCUT2D eigenvalue weighted by molar-refractivity contribution is 6.07. The van der Waals surface area contributed by atoms with E-state index in [-0.39, 0.29) is 18.5 Å². The van der Waals surface area contributed by atoms with Crippen molar-refractivity contribution in [2.45, 2.75) is 31.3 Å². The van der Waals surface area contributed by atoms with Crippen LogP contribution in [0.1, 0.15) is 28.7 Å². The molecule has 4 rings (SSSR count). The van der Waals surface area contributed by atoms with E-state index in [0.717, 1.165) is 17.5 Å². The third-order valence-electron chi connectivity index (χ3n) is 5.10. The summed E-state index contributed by atoms with van der Waals surface area (Å²) in [6, 6.07) is 16.7. The number of hydrogen-bond acceptors (Lipinski definition) is 3. The fraction of sp³-hybridized carbons (Fsp3) is 0.250. The highest BCUT2D eigenvalue weighted by atomic mass is 16.2. The fourth-order valence-corrected chi connectivity index (χ4v) is 3.71. The van der Waals surface area contributed by atoms with E-state index in [1.807, 2.05) is 18.2 Å². The predicted molar refractivity (Wildman–Crippen MR) is 91.4 cm³/mol. The molecule has 1 saturated heterocycles. The second-order valence-electron chi connectivity index (χ2n) is 6.66. The lowest BCUT2D eigenvalue weighted by molar-refractivity contribution is -0.132. The van der Waals surface area contributed by atoms with Gasteiger partial charge in [-0.3, -0.25) is 9.69 Å². The van der Waals surface area contributed by atoms with Crippen LogP contribution in [0.25, 0.3) is 0 Å². The summed E-state index contributed by atoms with van der Waals surface area (Å²) in [5, 5.41) is 11.8. The van der Waals surface area contributed by atoms with Gasteiger partial charge in [0.2, 0.25) is 0 Å². The van der Waals surface area contributed by atoms with E-state index in [4.69, 9.17) is 5.26 Å². The number of amides is 3. The van der Waals surface area contributed by atoms with Crippen molar-refractivity contribution in [3.05, 3.63) is 70.8 Å². The van der Waals surface area contributed by atoms with Crippen LogP contribution in [0.3, 0.4) is 0 Å². The van der Waals surface area contributed by atoms with Crippen molar-refractivity contribution in [1.82, 2.24) is 10.2 Å². The Morgan fingerprint density at radius 2 is 1.80 bits per heavy atom. The molecule has 2 aromatic rings. The third kappa shape index (κ3) is 2.56. The maximum absolute atomic E-state index is 13.0. The molecular formula is C20H17N3O2. The van der Waals surface area contributed by atoms with Crippen LogP contribution in [-0.4, -0.2) is 22.4 Å². The molecule has 5 nitrogen and oxygen atoms in total. The van der Waals surface area contributed by atoms with Crippen LogP contribution in [0.4, 0.5) is 4.79 Å². The summed E-state index contributed by atoms with van der Waals surface area (Å²) in [7, 11) is 0. The number of hydrogen-bond donors (Lipinski definition) is 1. The number of aryl methyl sites for hydroxylation is 1. The predicted octanol–water partition coefficient (Wildman–Crippen LogP) is 2.54. The molecule has 1 fully saturated rings. The number of fused-ring (bicyclic) bond motifs is 1. The lowest BCUT2D eigenvalue weighted by Gasteiger charge is -2.32. The molecule has 0 aromatic heterocycles. The number of carbonyl (C=O) groups excluding carboxylic acids is 2. The molecule has 1 unspecified atom stereocenters. The summed E-state index contributed by atoms with van der Waals surface area (Å²) in [5.74, 6) is -0.156. The average Bonchev–Trinajstić information content (AvgIpc) is 2.86. The molecule has 0 saturated carbocycles. The van der Waals surface area contributed by atoms with Crippen molar-refractivity contribution >= 4 is 11.9 Å². The van der Waals surface area contributed by atoms with Gasteiger partial charge in [0.15, 0.2) is 0 Å². The Balaban J connectivity index is 1.57. The van der Waals surface area contributed by atoms with Gasteiger partial charge in [0.1, 0.15) is 5.54 Å². The van der Waals surface area contributed by atoms with Gasteiger partial charge < -0.3 is 5.32 Å². The largest absolute Gasteiger partial charge is 0.325 e. The lowest BCUT2D eigenvalue weighted by Crippen LogP contribution is -2.51. The smallest absolute Gasteiger partial charge is 0.323 e. The zero-order chi connectivity index (χ0) is 17.4. The summed E-state index contributed by atoms with van der Waals surface area (Å²) in [6.07, 6.45) is 1.95. The summed E-state index contributed by atoms with van der Waals surface area (Å²) in [6.45, 7) is 0.222. The number of nitrogens with zero attached hydrogens (tertiary/aromatic N) is 2. The molecule has 1 spiro atoms. The lowest BCUT2D eigenvalue weighted by atomic mass is 9.78. The Morgan fingerprint density at radius 3 is 2.52 bits per heavy atom. The topological polar surface area (TPSA) is 73.2 Å². The molecule has 2 aliphatic rings. The summed E-state index contributed by atoms with van der Waals surface area (Å²) in [5.41, 5.74) is 2.94. The standard InChI is InChI=1S/C20H17N3O2/c21-12-14-5-7-15(8-6-14)13-23-18(24)20(22-19(23)25)10-9-16-3-1-2-4-17(16)11-20/h1-8H,9-11,13H2,(H,22,25). The minimum Gasteiger partial charge on any atom is -0.323 e. The molecule has 1 N–H and O–H groups in total. The van der Waals surface area contributed by atoms with Gasteiger partial charge in [0.05, 0.1) is 18.2 Å². The van der Waals surface area contributed by atoms with Gasteiger partial charge in [-0.1, -0.05) is 36.4 Å². The van der Waals surface area contributed by atoms with Gasteiger partial charge in [-0.05, 0) is 41.7 Å². The van der Waals surface area contributed by atoms with E-state index in [1.54, 1.807) is 24.3 Å². The molecule has 1 aliphatic carbocycles. The first-order chi connectivity index (χ1) is 12.1. The maximum Gasteiger partial charge on any atom is 0.325 e. The van der Waals surface area contributed by atoms with Crippen molar-refractivity contribution in [1.29, 1.82) is 5.26 Å².